The molecule has 22 heavy (non-hydrogen) atoms. The molecule has 1 atom stereocenters. The van der Waals surface area contributed by atoms with E-state index in [4.69, 9.17) is 9.84 Å². The van der Waals surface area contributed by atoms with Crippen molar-refractivity contribution in [1.82, 2.24) is 5.32 Å². The van der Waals surface area contributed by atoms with Crippen molar-refractivity contribution in [3.05, 3.63) is 42.0 Å². The molecule has 0 spiro atoms. The number of nitrogens with one attached hydrogen (secondary N) is 1. The Hall–Kier alpha value is -2.30. The second kappa shape index (κ2) is 8.87. The maximum atomic E-state index is 11.7. The summed E-state index contributed by atoms with van der Waals surface area (Å²) in [6.07, 6.45) is 3.69. The second-order valence-electron chi connectivity index (χ2n) is 5.28. The minimum absolute atomic E-state index is 0.208. The Bertz CT molecular complexity index is 520. The number of ether oxygens (including phenoxy) is 1. The molecule has 1 aromatic rings. The molecule has 1 rings (SSSR count). The van der Waals surface area contributed by atoms with E-state index >= 15 is 0 Å². The first-order valence-electron chi connectivity index (χ1n) is 7.30. The number of rotatable bonds is 8. The fraction of sp³-hybridized carbons (Fsp3) is 0.412. The van der Waals surface area contributed by atoms with Gasteiger partial charge < -0.3 is 15.2 Å². The smallest absolute Gasteiger partial charge is 0.326 e. The number of benzene rings is 1. The highest BCUT2D eigenvalue weighted by Gasteiger charge is 2.18. The third kappa shape index (κ3) is 5.99. The van der Waals surface area contributed by atoms with Gasteiger partial charge in [-0.3, -0.25) is 4.79 Å². The van der Waals surface area contributed by atoms with Gasteiger partial charge in [0.05, 0.1) is 0 Å². The summed E-state index contributed by atoms with van der Waals surface area (Å²) in [6, 6.07) is 6.57. The van der Waals surface area contributed by atoms with Gasteiger partial charge in [0.1, 0.15) is 11.8 Å². The van der Waals surface area contributed by atoms with E-state index in [1.807, 2.05) is 12.1 Å². The summed E-state index contributed by atoms with van der Waals surface area (Å²) in [7, 11) is 0. The number of allylic oxidation sites excluding steroid dienone is 1. The highest BCUT2D eigenvalue weighted by Crippen LogP contribution is 2.18. The summed E-state index contributed by atoms with van der Waals surface area (Å²) in [6.45, 7) is 5.78. The molecule has 1 aromatic carbocycles. The zero-order chi connectivity index (χ0) is 16.5. The van der Waals surface area contributed by atoms with E-state index in [1.165, 1.54) is 5.56 Å². The predicted molar refractivity (Wildman–Crippen MR) is 85.0 cm³/mol. The van der Waals surface area contributed by atoms with Crippen LogP contribution in [0.25, 0.3) is 0 Å². The molecule has 0 aliphatic rings. The molecule has 0 saturated carbocycles. The van der Waals surface area contributed by atoms with E-state index in [2.05, 4.69) is 19.2 Å². The van der Waals surface area contributed by atoms with Crippen LogP contribution in [-0.2, 0) is 9.59 Å². The lowest BCUT2D eigenvalue weighted by molar-refractivity contribution is -0.142. The third-order valence-electron chi connectivity index (χ3n) is 3.16. The average molecular weight is 305 g/mol. The Balaban J connectivity index is 2.49. The van der Waals surface area contributed by atoms with Crippen LogP contribution in [0.3, 0.4) is 0 Å². The van der Waals surface area contributed by atoms with Crippen molar-refractivity contribution in [3.63, 3.8) is 0 Å². The van der Waals surface area contributed by atoms with E-state index in [0.717, 1.165) is 0 Å². The van der Waals surface area contributed by atoms with Gasteiger partial charge in [0.15, 0.2) is 6.61 Å². The Morgan fingerprint density at radius 2 is 1.91 bits per heavy atom. The maximum Gasteiger partial charge on any atom is 0.326 e. The van der Waals surface area contributed by atoms with Gasteiger partial charge in [0, 0.05) is 0 Å². The number of hydrogen-bond donors (Lipinski definition) is 2. The molecule has 5 heteroatoms. The monoisotopic (exact) mass is 305 g/mol. The zero-order valence-corrected chi connectivity index (χ0v) is 13.2. The van der Waals surface area contributed by atoms with Gasteiger partial charge in [-0.2, -0.15) is 0 Å². The summed E-state index contributed by atoms with van der Waals surface area (Å²) in [5, 5.41) is 11.5. The molecule has 0 aliphatic carbocycles. The van der Waals surface area contributed by atoms with Crippen LogP contribution in [0, 0.1) is 0 Å². The van der Waals surface area contributed by atoms with Crippen molar-refractivity contribution < 1.29 is 19.4 Å². The van der Waals surface area contributed by atoms with Gasteiger partial charge in [-0.05, 0) is 37.0 Å². The highest BCUT2D eigenvalue weighted by molar-refractivity contribution is 5.84. The normalized spacial score (nSPS) is 12.4. The summed E-state index contributed by atoms with van der Waals surface area (Å²) in [5.41, 5.74) is 1.19. The van der Waals surface area contributed by atoms with Crippen molar-refractivity contribution in [2.24, 2.45) is 0 Å². The molecule has 2 N–H and O–H groups in total. The molecule has 0 fully saturated rings. The zero-order valence-electron chi connectivity index (χ0n) is 13.2. The number of carboxylic acids is 1. The molecule has 1 unspecified atom stereocenters. The first kappa shape index (κ1) is 17.8. The highest BCUT2D eigenvalue weighted by atomic mass is 16.5. The lowest BCUT2D eigenvalue weighted by Crippen LogP contribution is -2.42. The molecule has 120 valence electrons. The summed E-state index contributed by atoms with van der Waals surface area (Å²) >= 11 is 0. The van der Waals surface area contributed by atoms with Crippen molar-refractivity contribution >= 4 is 11.9 Å². The minimum atomic E-state index is -1.06. The molecule has 0 aliphatic heterocycles. The Morgan fingerprint density at radius 3 is 2.41 bits per heavy atom. The van der Waals surface area contributed by atoms with Crippen LogP contribution < -0.4 is 10.1 Å². The number of carbonyl (C=O) groups excluding carboxylic acids is 1. The maximum absolute atomic E-state index is 11.7. The van der Waals surface area contributed by atoms with Crippen LogP contribution in [0.1, 0.15) is 38.7 Å². The molecule has 0 heterocycles. The predicted octanol–water partition coefficient (Wildman–Crippen LogP) is 2.72. The summed E-state index contributed by atoms with van der Waals surface area (Å²) in [4.78, 5) is 22.8. The SMILES string of the molecule is C/C=C/CC(NC(=O)COc1ccc(C(C)C)cc1)C(=O)O. The topological polar surface area (TPSA) is 75.6 Å². The van der Waals surface area contributed by atoms with E-state index < -0.39 is 17.9 Å². The van der Waals surface area contributed by atoms with E-state index in [-0.39, 0.29) is 13.0 Å². The van der Waals surface area contributed by atoms with Crippen LogP contribution >= 0.6 is 0 Å². The fourth-order valence-corrected chi connectivity index (χ4v) is 1.83. The summed E-state index contributed by atoms with van der Waals surface area (Å²) < 4.78 is 5.36. The lowest BCUT2D eigenvalue weighted by Gasteiger charge is -2.13. The molecular formula is C17H23NO4. The van der Waals surface area contributed by atoms with Gasteiger partial charge >= 0.3 is 5.97 Å². The molecular weight excluding hydrogens is 282 g/mol. The van der Waals surface area contributed by atoms with Crippen LogP contribution in [0.5, 0.6) is 5.75 Å². The Morgan fingerprint density at radius 1 is 1.27 bits per heavy atom. The number of hydrogen-bond acceptors (Lipinski definition) is 3. The second-order valence-corrected chi connectivity index (χ2v) is 5.28. The number of aliphatic carboxylic acids is 1. The van der Waals surface area contributed by atoms with Crippen LogP contribution in [0.2, 0.25) is 0 Å². The number of amides is 1. The van der Waals surface area contributed by atoms with Crippen LogP contribution in [0.4, 0.5) is 0 Å². The van der Waals surface area contributed by atoms with Gasteiger partial charge in [-0.25, -0.2) is 4.79 Å². The fourth-order valence-electron chi connectivity index (χ4n) is 1.83. The van der Waals surface area contributed by atoms with Crippen molar-refractivity contribution in [3.8, 4) is 5.75 Å². The van der Waals surface area contributed by atoms with Gasteiger partial charge in [-0.15, -0.1) is 0 Å². The van der Waals surface area contributed by atoms with E-state index in [1.54, 1.807) is 31.2 Å². The number of carbonyl (C=O) groups is 2. The quantitative estimate of drug-likeness (QED) is 0.724. The number of carboxylic acid groups (broad SMARTS) is 1. The average Bonchev–Trinajstić information content (AvgIpc) is 2.49. The third-order valence-corrected chi connectivity index (χ3v) is 3.16. The van der Waals surface area contributed by atoms with Crippen molar-refractivity contribution in [2.75, 3.05) is 6.61 Å². The molecule has 5 nitrogen and oxygen atoms in total. The van der Waals surface area contributed by atoms with Crippen LogP contribution in [-0.4, -0.2) is 29.6 Å². The Kier molecular flexibility index (Phi) is 7.16. The van der Waals surface area contributed by atoms with Crippen molar-refractivity contribution in [2.45, 2.75) is 39.2 Å². The largest absolute Gasteiger partial charge is 0.484 e. The molecule has 0 aromatic heterocycles. The van der Waals surface area contributed by atoms with Gasteiger partial charge in [0.25, 0.3) is 5.91 Å². The molecule has 1 amide bonds. The molecule has 0 radical (unpaired) electrons. The van der Waals surface area contributed by atoms with Gasteiger partial charge in [-0.1, -0.05) is 38.1 Å². The molecule has 0 bridgehead atoms. The van der Waals surface area contributed by atoms with E-state index in [0.29, 0.717) is 11.7 Å². The van der Waals surface area contributed by atoms with Crippen molar-refractivity contribution in [1.29, 1.82) is 0 Å². The van der Waals surface area contributed by atoms with E-state index in [9.17, 15) is 9.59 Å². The minimum Gasteiger partial charge on any atom is -0.484 e. The van der Waals surface area contributed by atoms with Gasteiger partial charge in [0.2, 0.25) is 0 Å². The molecule has 0 saturated heterocycles. The Labute approximate surface area is 131 Å². The first-order chi connectivity index (χ1) is 10.4. The lowest BCUT2D eigenvalue weighted by atomic mass is 10.0. The first-order valence-corrected chi connectivity index (χ1v) is 7.30. The summed E-state index contributed by atoms with van der Waals surface area (Å²) in [5.74, 6) is -0.502. The van der Waals surface area contributed by atoms with Crippen LogP contribution in [0.15, 0.2) is 36.4 Å². The standard InChI is InChI=1S/C17H23NO4/c1-4-5-6-15(17(20)21)18-16(19)11-22-14-9-7-13(8-10-14)12(2)3/h4-5,7-10,12,15H,6,11H2,1-3H3,(H,18,19)(H,20,21)/b5-4+.